The Kier molecular flexibility index (Phi) is 2.44. The number of aromatic amines is 1. The average molecular weight is 219 g/mol. The Balaban J connectivity index is 2.63. The van der Waals surface area contributed by atoms with Gasteiger partial charge in [-0.15, -0.1) is 0 Å². The summed E-state index contributed by atoms with van der Waals surface area (Å²) in [5.41, 5.74) is 3.53. The van der Waals surface area contributed by atoms with Crippen molar-refractivity contribution in [2.75, 3.05) is 0 Å². The van der Waals surface area contributed by atoms with Crippen molar-refractivity contribution in [2.45, 2.75) is 13.8 Å². The number of benzene rings is 1. The maximum Gasteiger partial charge on any atom is 0.216 e. The van der Waals surface area contributed by atoms with Crippen LogP contribution >= 0.6 is 12.2 Å². The third-order valence-corrected chi connectivity index (χ3v) is 2.78. The van der Waals surface area contributed by atoms with Gasteiger partial charge in [-0.1, -0.05) is 17.7 Å². The van der Waals surface area contributed by atoms with Crippen LogP contribution in [-0.2, 0) is 7.05 Å². The van der Waals surface area contributed by atoms with E-state index in [0.29, 0.717) is 4.77 Å². The van der Waals surface area contributed by atoms with E-state index in [1.807, 2.05) is 7.05 Å². The fourth-order valence-electron chi connectivity index (χ4n) is 1.51. The lowest BCUT2D eigenvalue weighted by Crippen LogP contribution is -1.91. The molecule has 0 bridgehead atoms. The number of aryl methyl sites for hydroxylation is 3. The molecule has 0 saturated carbocycles. The molecule has 3 nitrogen and oxygen atoms in total. The summed E-state index contributed by atoms with van der Waals surface area (Å²) in [5.74, 6) is 0.837. The first kappa shape index (κ1) is 10.1. The molecule has 1 heterocycles. The van der Waals surface area contributed by atoms with Gasteiger partial charge < -0.3 is 0 Å². The van der Waals surface area contributed by atoms with Crippen molar-refractivity contribution >= 4 is 12.2 Å². The maximum atomic E-state index is 5.07. The van der Waals surface area contributed by atoms with Crippen LogP contribution in [-0.4, -0.2) is 14.8 Å². The second-order valence-corrected chi connectivity index (χ2v) is 4.10. The molecular weight excluding hydrogens is 206 g/mol. The van der Waals surface area contributed by atoms with Crippen LogP contribution in [0.15, 0.2) is 18.2 Å². The second-order valence-electron chi connectivity index (χ2n) is 3.73. The van der Waals surface area contributed by atoms with Gasteiger partial charge in [0.05, 0.1) is 0 Å². The van der Waals surface area contributed by atoms with Crippen LogP contribution < -0.4 is 0 Å². The lowest BCUT2D eigenvalue weighted by Gasteiger charge is -2.03. The monoisotopic (exact) mass is 219 g/mol. The fourth-order valence-corrected chi connectivity index (χ4v) is 1.65. The normalized spacial score (nSPS) is 10.6. The topological polar surface area (TPSA) is 33.6 Å². The van der Waals surface area contributed by atoms with Crippen LogP contribution in [0.2, 0.25) is 0 Å². The molecular formula is C11H13N3S. The third kappa shape index (κ3) is 1.85. The van der Waals surface area contributed by atoms with E-state index in [-0.39, 0.29) is 0 Å². The highest BCUT2D eigenvalue weighted by Gasteiger charge is 2.06. The molecule has 0 atom stereocenters. The summed E-state index contributed by atoms with van der Waals surface area (Å²) in [6.45, 7) is 4.14. The van der Waals surface area contributed by atoms with Crippen LogP contribution in [0.3, 0.4) is 0 Å². The Morgan fingerprint density at radius 1 is 1.33 bits per heavy atom. The summed E-state index contributed by atoms with van der Waals surface area (Å²) in [7, 11) is 1.87. The molecule has 0 radical (unpaired) electrons. The summed E-state index contributed by atoms with van der Waals surface area (Å²) < 4.78 is 2.32. The van der Waals surface area contributed by atoms with Crippen molar-refractivity contribution in [1.29, 1.82) is 0 Å². The van der Waals surface area contributed by atoms with E-state index in [2.05, 4.69) is 42.1 Å². The molecule has 0 aliphatic rings. The quantitative estimate of drug-likeness (QED) is 0.748. The van der Waals surface area contributed by atoms with E-state index in [9.17, 15) is 0 Å². The Morgan fingerprint density at radius 3 is 2.67 bits per heavy atom. The minimum atomic E-state index is 0.575. The molecule has 0 unspecified atom stereocenters. The molecule has 0 aliphatic carbocycles. The number of nitrogens with zero attached hydrogens (tertiary/aromatic N) is 2. The standard InChI is InChI=1S/C11H13N3S/c1-7-4-5-8(2)9(6-7)10-12-11(15)14(3)13-10/h4-6H,1-3H3,(H,12,13,15). The first-order chi connectivity index (χ1) is 7.08. The molecule has 0 aliphatic heterocycles. The predicted octanol–water partition coefficient (Wildman–Crippen LogP) is 2.76. The van der Waals surface area contributed by atoms with Gasteiger partial charge in [-0.2, -0.15) is 4.98 Å². The van der Waals surface area contributed by atoms with Crippen LogP contribution in [0.25, 0.3) is 11.4 Å². The Hall–Kier alpha value is -1.42. The van der Waals surface area contributed by atoms with Crippen LogP contribution in [0.4, 0.5) is 0 Å². The van der Waals surface area contributed by atoms with E-state index in [4.69, 9.17) is 12.2 Å². The van der Waals surface area contributed by atoms with E-state index in [1.54, 1.807) is 4.68 Å². The van der Waals surface area contributed by atoms with Crippen LogP contribution in [0.5, 0.6) is 0 Å². The molecule has 0 saturated heterocycles. The van der Waals surface area contributed by atoms with Crippen molar-refractivity contribution in [3.63, 3.8) is 0 Å². The molecule has 1 aromatic carbocycles. The lowest BCUT2D eigenvalue weighted by molar-refractivity contribution is 0.756. The number of aromatic nitrogens is 3. The molecule has 78 valence electrons. The van der Waals surface area contributed by atoms with Crippen molar-refractivity contribution in [3.8, 4) is 11.4 Å². The summed E-state index contributed by atoms with van der Waals surface area (Å²) >= 11 is 5.07. The summed E-state index contributed by atoms with van der Waals surface area (Å²) in [4.78, 5) is 4.30. The fraction of sp³-hybridized carbons (Fsp3) is 0.273. The van der Waals surface area contributed by atoms with Gasteiger partial charge in [-0.05, 0) is 37.7 Å². The smallest absolute Gasteiger partial charge is 0.216 e. The maximum absolute atomic E-state index is 5.07. The molecule has 2 rings (SSSR count). The van der Waals surface area contributed by atoms with Crippen molar-refractivity contribution in [2.24, 2.45) is 7.05 Å². The van der Waals surface area contributed by atoms with Gasteiger partial charge in [-0.25, -0.2) is 0 Å². The zero-order chi connectivity index (χ0) is 11.0. The van der Waals surface area contributed by atoms with Gasteiger partial charge in [0.1, 0.15) is 0 Å². The number of hydrogen-bond acceptors (Lipinski definition) is 2. The minimum absolute atomic E-state index is 0.575. The van der Waals surface area contributed by atoms with Gasteiger partial charge in [0.25, 0.3) is 0 Å². The summed E-state index contributed by atoms with van der Waals surface area (Å²) in [6.07, 6.45) is 0. The number of nitrogens with one attached hydrogen (secondary N) is 1. The highest BCUT2D eigenvalue weighted by atomic mass is 32.1. The van der Waals surface area contributed by atoms with E-state index >= 15 is 0 Å². The van der Waals surface area contributed by atoms with Gasteiger partial charge in [0.2, 0.25) is 4.77 Å². The number of H-pyrrole nitrogens is 1. The highest BCUT2D eigenvalue weighted by Crippen LogP contribution is 2.20. The largest absolute Gasteiger partial charge is 0.279 e. The summed E-state index contributed by atoms with van der Waals surface area (Å²) in [6, 6.07) is 6.30. The minimum Gasteiger partial charge on any atom is -0.279 e. The predicted molar refractivity (Wildman–Crippen MR) is 63.3 cm³/mol. The van der Waals surface area contributed by atoms with E-state index in [1.165, 1.54) is 11.1 Å². The van der Waals surface area contributed by atoms with E-state index in [0.717, 1.165) is 11.4 Å². The van der Waals surface area contributed by atoms with Gasteiger partial charge in [-0.3, -0.25) is 9.78 Å². The second kappa shape index (κ2) is 3.62. The van der Waals surface area contributed by atoms with Gasteiger partial charge >= 0.3 is 0 Å². The number of rotatable bonds is 1. The van der Waals surface area contributed by atoms with Crippen LogP contribution in [0, 0.1) is 18.6 Å². The average Bonchev–Trinajstić information content (AvgIpc) is 2.51. The SMILES string of the molecule is Cc1ccc(C)c(-c2nc(=S)n(C)[nH]2)c1. The number of hydrogen-bond donors (Lipinski definition) is 1. The Morgan fingerprint density at radius 2 is 2.07 bits per heavy atom. The van der Waals surface area contributed by atoms with Crippen molar-refractivity contribution in [3.05, 3.63) is 34.1 Å². The zero-order valence-electron chi connectivity index (χ0n) is 9.03. The molecule has 1 aromatic heterocycles. The lowest BCUT2D eigenvalue weighted by atomic mass is 10.1. The molecule has 1 N–H and O–H groups in total. The van der Waals surface area contributed by atoms with E-state index < -0.39 is 0 Å². The molecule has 4 heteroatoms. The zero-order valence-corrected chi connectivity index (χ0v) is 9.85. The Bertz CT molecular complexity index is 551. The molecule has 15 heavy (non-hydrogen) atoms. The molecule has 0 fully saturated rings. The van der Waals surface area contributed by atoms with Gasteiger partial charge in [0, 0.05) is 12.6 Å². The summed E-state index contributed by atoms with van der Waals surface area (Å²) in [5, 5.41) is 3.13. The third-order valence-electron chi connectivity index (χ3n) is 2.42. The molecule has 2 aromatic rings. The van der Waals surface area contributed by atoms with Gasteiger partial charge in [0.15, 0.2) is 5.82 Å². The first-order valence-electron chi connectivity index (χ1n) is 4.78. The highest BCUT2D eigenvalue weighted by molar-refractivity contribution is 7.71. The Labute approximate surface area is 93.8 Å². The van der Waals surface area contributed by atoms with Crippen molar-refractivity contribution in [1.82, 2.24) is 14.8 Å². The first-order valence-corrected chi connectivity index (χ1v) is 5.19. The van der Waals surface area contributed by atoms with Crippen LogP contribution in [0.1, 0.15) is 11.1 Å². The molecule has 0 spiro atoms. The molecule has 0 amide bonds. The van der Waals surface area contributed by atoms with Crippen molar-refractivity contribution < 1.29 is 0 Å².